The van der Waals surface area contributed by atoms with Crippen LogP contribution in [0.4, 0.5) is 0 Å². The van der Waals surface area contributed by atoms with Crippen molar-refractivity contribution in [1.82, 2.24) is 4.90 Å². The van der Waals surface area contributed by atoms with E-state index in [9.17, 15) is 4.79 Å². The maximum absolute atomic E-state index is 11.5. The van der Waals surface area contributed by atoms with E-state index in [0.717, 1.165) is 13.1 Å². The molecule has 1 aliphatic heterocycles. The van der Waals surface area contributed by atoms with E-state index in [1.54, 1.807) is 17.0 Å². The van der Waals surface area contributed by atoms with Gasteiger partial charge in [0.25, 0.3) is 5.91 Å². The smallest absolute Gasteiger partial charge is 0.289 e. The molecule has 1 amide bonds. The van der Waals surface area contributed by atoms with Gasteiger partial charge in [-0.1, -0.05) is 0 Å². The lowest BCUT2D eigenvalue weighted by molar-refractivity contribution is 0.0483. The molecule has 0 bridgehead atoms. The summed E-state index contributed by atoms with van der Waals surface area (Å²) in [6.45, 7) is 2.17. The lowest BCUT2D eigenvalue weighted by Gasteiger charge is -2.37. The largest absolute Gasteiger partial charge is 0.459 e. The highest BCUT2D eigenvalue weighted by Gasteiger charge is 2.31. The minimum Gasteiger partial charge on any atom is -0.459 e. The highest BCUT2D eigenvalue weighted by atomic mass is 16.3. The Morgan fingerprint density at radius 3 is 3.00 bits per heavy atom. The van der Waals surface area contributed by atoms with Crippen LogP contribution in [0.2, 0.25) is 0 Å². The number of carbonyl (C=O) groups is 1. The number of rotatable bonds is 2. The Labute approximate surface area is 76.3 Å². The van der Waals surface area contributed by atoms with Gasteiger partial charge >= 0.3 is 0 Å². The molecule has 2 N–H and O–H groups in total. The summed E-state index contributed by atoms with van der Waals surface area (Å²) >= 11 is 0. The van der Waals surface area contributed by atoms with Gasteiger partial charge in [0, 0.05) is 19.0 Å². The van der Waals surface area contributed by atoms with E-state index in [0.29, 0.717) is 18.2 Å². The van der Waals surface area contributed by atoms with Crippen LogP contribution in [-0.4, -0.2) is 30.4 Å². The third-order valence-electron chi connectivity index (χ3n) is 2.31. The number of carbonyl (C=O) groups excluding carboxylic acids is 1. The second-order valence-electron chi connectivity index (χ2n) is 3.29. The molecule has 1 aromatic rings. The molecule has 1 fully saturated rings. The predicted molar refractivity (Wildman–Crippen MR) is 47.2 cm³/mol. The van der Waals surface area contributed by atoms with Gasteiger partial charge in [-0.2, -0.15) is 0 Å². The Kier molecular flexibility index (Phi) is 2.06. The van der Waals surface area contributed by atoms with Gasteiger partial charge in [-0.25, -0.2) is 0 Å². The molecule has 0 saturated carbocycles. The zero-order valence-electron chi connectivity index (χ0n) is 7.27. The van der Waals surface area contributed by atoms with Gasteiger partial charge in [0.1, 0.15) is 0 Å². The van der Waals surface area contributed by atoms with Crippen molar-refractivity contribution in [2.45, 2.75) is 0 Å². The van der Waals surface area contributed by atoms with E-state index >= 15 is 0 Å². The number of likely N-dealkylation sites (tertiary alicyclic amines) is 1. The number of nitrogens with two attached hydrogens (primary N) is 1. The van der Waals surface area contributed by atoms with Crippen LogP contribution in [0.5, 0.6) is 0 Å². The second kappa shape index (κ2) is 3.22. The van der Waals surface area contributed by atoms with Crippen molar-refractivity contribution in [3.63, 3.8) is 0 Å². The molecule has 0 atom stereocenters. The SMILES string of the molecule is NCC1CN(C(=O)c2ccco2)C1. The molecule has 1 saturated heterocycles. The van der Waals surface area contributed by atoms with E-state index in [1.165, 1.54) is 6.26 Å². The third kappa shape index (κ3) is 1.45. The number of hydrogen-bond donors (Lipinski definition) is 1. The summed E-state index contributed by atoms with van der Waals surface area (Å²) in [5.41, 5.74) is 5.45. The van der Waals surface area contributed by atoms with Crippen LogP contribution in [-0.2, 0) is 0 Å². The van der Waals surface area contributed by atoms with E-state index in [2.05, 4.69) is 0 Å². The van der Waals surface area contributed by atoms with E-state index in [4.69, 9.17) is 10.2 Å². The minimum atomic E-state index is -0.0327. The molecule has 0 spiro atoms. The number of nitrogens with zero attached hydrogens (tertiary/aromatic N) is 1. The average Bonchev–Trinajstić information content (AvgIpc) is 2.53. The normalized spacial score (nSPS) is 17.2. The lowest BCUT2D eigenvalue weighted by Crippen LogP contribution is -2.52. The molecule has 0 unspecified atom stereocenters. The van der Waals surface area contributed by atoms with Gasteiger partial charge in [0.05, 0.1) is 6.26 Å². The van der Waals surface area contributed by atoms with Crippen LogP contribution in [0.1, 0.15) is 10.6 Å². The fraction of sp³-hybridized carbons (Fsp3) is 0.444. The lowest BCUT2D eigenvalue weighted by atomic mass is 10.0. The first kappa shape index (κ1) is 8.31. The molecule has 1 aliphatic rings. The van der Waals surface area contributed by atoms with Gasteiger partial charge in [-0.15, -0.1) is 0 Å². The number of amides is 1. The third-order valence-corrected chi connectivity index (χ3v) is 2.31. The average molecular weight is 180 g/mol. The molecule has 13 heavy (non-hydrogen) atoms. The summed E-state index contributed by atoms with van der Waals surface area (Å²) in [5, 5.41) is 0. The molecule has 4 heteroatoms. The summed E-state index contributed by atoms with van der Waals surface area (Å²) in [7, 11) is 0. The van der Waals surface area contributed by atoms with Crippen LogP contribution in [0.3, 0.4) is 0 Å². The number of hydrogen-bond acceptors (Lipinski definition) is 3. The van der Waals surface area contributed by atoms with E-state index < -0.39 is 0 Å². The molecule has 2 heterocycles. The Morgan fingerprint density at radius 1 is 1.69 bits per heavy atom. The Balaban J connectivity index is 1.94. The Morgan fingerprint density at radius 2 is 2.46 bits per heavy atom. The van der Waals surface area contributed by atoms with Crippen molar-refractivity contribution in [3.05, 3.63) is 24.2 Å². The van der Waals surface area contributed by atoms with E-state index in [1.807, 2.05) is 0 Å². The predicted octanol–water partition coefficient (Wildman–Crippen LogP) is 0.310. The zero-order chi connectivity index (χ0) is 9.26. The topological polar surface area (TPSA) is 59.5 Å². The van der Waals surface area contributed by atoms with Crippen molar-refractivity contribution < 1.29 is 9.21 Å². The van der Waals surface area contributed by atoms with Crippen LogP contribution >= 0.6 is 0 Å². The fourth-order valence-corrected chi connectivity index (χ4v) is 1.44. The molecular formula is C9H12N2O2. The van der Waals surface area contributed by atoms with Crippen LogP contribution < -0.4 is 5.73 Å². The standard InChI is InChI=1S/C9H12N2O2/c10-4-7-5-11(6-7)9(12)8-2-1-3-13-8/h1-3,7H,4-6,10H2. The van der Waals surface area contributed by atoms with Gasteiger partial charge in [0.15, 0.2) is 5.76 Å². The second-order valence-corrected chi connectivity index (χ2v) is 3.29. The van der Waals surface area contributed by atoms with Gasteiger partial charge in [-0.3, -0.25) is 4.79 Å². The summed E-state index contributed by atoms with van der Waals surface area (Å²) in [6.07, 6.45) is 1.51. The van der Waals surface area contributed by atoms with Crippen LogP contribution in [0.25, 0.3) is 0 Å². The summed E-state index contributed by atoms with van der Waals surface area (Å²) in [6, 6.07) is 3.39. The summed E-state index contributed by atoms with van der Waals surface area (Å²) in [4.78, 5) is 13.3. The molecule has 4 nitrogen and oxygen atoms in total. The summed E-state index contributed by atoms with van der Waals surface area (Å²) in [5.74, 6) is 0.851. The minimum absolute atomic E-state index is 0.0327. The van der Waals surface area contributed by atoms with Crippen LogP contribution in [0.15, 0.2) is 22.8 Å². The van der Waals surface area contributed by atoms with Crippen LogP contribution in [0, 0.1) is 5.92 Å². The fourth-order valence-electron chi connectivity index (χ4n) is 1.44. The first-order valence-corrected chi connectivity index (χ1v) is 4.34. The molecule has 0 aromatic carbocycles. The Bertz CT molecular complexity index is 289. The molecule has 0 radical (unpaired) electrons. The van der Waals surface area contributed by atoms with Crippen molar-refractivity contribution >= 4 is 5.91 Å². The molecule has 1 aromatic heterocycles. The van der Waals surface area contributed by atoms with Gasteiger partial charge in [0.2, 0.25) is 0 Å². The quantitative estimate of drug-likeness (QED) is 0.712. The highest BCUT2D eigenvalue weighted by molar-refractivity contribution is 5.91. The molecule has 0 aliphatic carbocycles. The first-order chi connectivity index (χ1) is 6.31. The van der Waals surface area contributed by atoms with Crippen molar-refractivity contribution in [2.75, 3.05) is 19.6 Å². The zero-order valence-corrected chi connectivity index (χ0v) is 7.27. The monoisotopic (exact) mass is 180 g/mol. The molecule has 70 valence electrons. The number of furan rings is 1. The maximum Gasteiger partial charge on any atom is 0.289 e. The van der Waals surface area contributed by atoms with Gasteiger partial charge in [-0.05, 0) is 18.7 Å². The highest BCUT2D eigenvalue weighted by Crippen LogP contribution is 2.17. The molecular weight excluding hydrogens is 168 g/mol. The van der Waals surface area contributed by atoms with Crippen molar-refractivity contribution in [1.29, 1.82) is 0 Å². The summed E-state index contributed by atoms with van der Waals surface area (Å²) < 4.78 is 5.00. The maximum atomic E-state index is 11.5. The first-order valence-electron chi connectivity index (χ1n) is 4.34. The van der Waals surface area contributed by atoms with E-state index in [-0.39, 0.29) is 5.91 Å². The Hall–Kier alpha value is -1.29. The van der Waals surface area contributed by atoms with Crippen molar-refractivity contribution in [2.24, 2.45) is 11.7 Å². The van der Waals surface area contributed by atoms with Crippen molar-refractivity contribution in [3.8, 4) is 0 Å². The van der Waals surface area contributed by atoms with Gasteiger partial charge < -0.3 is 15.1 Å². The molecule has 2 rings (SSSR count).